The number of benzene rings is 3. The quantitative estimate of drug-likeness (QED) is 0.437. The molecule has 2 N–H and O–H groups in total. The Bertz CT molecular complexity index is 1390. The van der Waals surface area contributed by atoms with Gasteiger partial charge in [-0.2, -0.15) is 0 Å². The van der Waals surface area contributed by atoms with E-state index in [-0.39, 0.29) is 27.3 Å². The van der Waals surface area contributed by atoms with Gasteiger partial charge in [0.1, 0.15) is 16.5 Å². The van der Waals surface area contributed by atoms with Crippen LogP contribution in [0.2, 0.25) is 5.02 Å². The van der Waals surface area contributed by atoms with Crippen molar-refractivity contribution in [3.63, 3.8) is 0 Å². The maximum absolute atomic E-state index is 13.5. The molecule has 1 aliphatic heterocycles. The molecule has 34 heavy (non-hydrogen) atoms. The second-order valence-electron chi connectivity index (χ2n) is 7.71. The van der Waals surface area contributed by atoms with Crippen LogP contribution < -0.4 is 15.5 Å². The molecule has 0 saturated carbocycles. The molecule has 0 aliphatic carbocycles. The van der Waals surface area contributed by atoms with Crippen LogP contribution in [0.1, 0.15) is 21.5 Å². The van der Waals surface area contributed by atoms with Crippen LogP contribution in [-0.2, 0) is 9.59 Å². The molecular weight excluding hydrogens is 480 g/mol. The molecule has 6 nitrogen and oxygen atoms in total. The first-order valence-corrected chi connectivity index (χ1v) is 10.9. The zero-order chi connectivity index (χ0) is 24.6. The number of rotatable bonds is 5. The number of hydrogen-bond acceptors (Lipinski definition) is 4. The summed E-state index contributed by atoms with van der Waals surface area (Å²) in [5, 5.41) is 5.11. The Hall–Kier alpha value is -3.68. The van der Waals surface area contributed by atoms with E-state index < -0.39 is 17.6 Å². The number of aryl methyl sites for hydroxylation is 2. The molecule has 1 heterocycles. The van der Waals surface area contributed by atoms with E-state index in [9.17, 15) is 18.8 Å². The number of imide groups is 1. The van der Waals surface area contributed by atoms with Gasteiger partial charge in [-0.3, -0.25) is 14.4 Å². The third-order valence-corrected chi connectivity index (χ3v) is 5.85. The van der Waals surface area contributed by atoms with Gasteiger partial charge in [-0.1, -0.05) is 47.0 Å². The van der Waals surface area contributed by atoms with E-state index in [1.165, 1.54) is 12.1 Å². The molecule has 3 amide bonds. The summed E-state index contributed by atoms with van der Waals surface area (Å²) in [6.45, 7) is 3.87. The number of nitrogens with zero attached hydrogens (tertiary/aromatic N) is 1. The van der Waals surface area contributed by atoms with Crippen LogP contribution in [0.5, 0.6) is 0 Å². The van der Waals surface area contributed by atoms with Crippen molar-refractivity contribution in [1.82, 2.24) is 0 Å². The van der Waals surface area contributed by atoms with Crippen LogP contribution in [0.4, 0.5) is 21.5 Å². The number of hydrogen-bond donors (Lipinski definition) is 2. The van der Waals surface area contributed by atoms with Crippen molar-refractivity contribution in [2.75, 3.05) is 15.5 Å². The molecule has 0 aromatic heterocycles. The van der Waals surface area contributed by atoms with Crippen molar-refractivity contribution in [2.45, 2.75) is 13.8 Å². The van der Waals surface area contributed by atoms with Crippen molar-refractivity contribution < 1.29 is 18.8 Å². The van der Waals surface area contributed by atoms with Crippen LogP contribution in [0.25, 0.3) is 0 Å². The smallest absolute Gasteiger partial charge is 0.283 e. The molecule has 4 rings (SSSR count). The van der Waals surface area contributed by atoms with E-state index in [1.807, 2.05) is 32.0 Å². The van der Waals surface area contributed by atoms with Gasteiger partial charge in [0.05, 0.1) is 10.7 Å². The van der Waals surface area contributed by atoms with Gasteiger partial charge < -0.3 is 10.6 Å². The first kappa shape index (κ1) is 23.5. The molecule has 9 heteroatoms. The molecular formula is C25H18Cl2FN3O3. The van der Waals surface area contributed by atoms with Gasteiger partial charge in [0.15, 0.2) is 0 Å². The van der Waals surface area contributed by atoms with E-state index >= 15 is 0 Å². The Balaban J connectivity index is 1.55. The lowest BCUT2D eigenvalue weighted by molar-refractivity contribution is -0.120. The normalized spacial score (nSPS) is 13.5. The van der Waals surface area contributed by atoms with E-state index in [2.05, 4.69) is 10.6 Å². The number of amides is 3. The zero-order valence-electron chi connectivity index (χ0n) is 18.1. The Morgan fingerprint density at radius 2 is 1.71 bits per heavy atom. The molecule has 0 fully saturated rings. The van der Waals surface area contributed by atoms with Crippen LogP contribution in [0.15, 0.2) is 71.4 Å². The number of halogens is 3. The average molecular weight is 498 g/mol. The highest BCUT2D eigenvalue weighted by molar-refractivity contribution is 6.53. The summed E-state index contributed by atoms with van der Waals surface area (Å²) in [5.41, 5.74) is 3.32. The molecule has 0 bridgehead atoms. The molecule has 1 aliphatic rings. The lowest BCUT2D eigenvalue weighted by atomic mass is 10.1. The molecule has 0 saturated heterocycles. The monoisotopic (exact) mass is 497 g/mol. The Kier molecular flexibility index (Phi) is 6.41. The lowest BCUT2D eigenvalue weighted by Crippen LogP contribution is -2.32. The van der Waals surface area contributed by atoms with Crippen LogP contribution in [-0.4, -0.2) is 17.7 Å². The second kappa shape index (κ2) is 9.29. The number of carbonyl (C=O) groups excluding carboxylic acids is 3. The third kappa shape index (κ3) is 4.53. The Labute approximate surface area is 205 Å². The molecule has 0 spiro atoms. The fourth-order valence-corrected chi connectivity index (χ4v) is 3.89. The van der Waals surface area contributed by atoms with Gasteiger partial charge in [-0.25, -0.2) is 9.29 Å². The summed E-state index contributed by atoms with van der Waals surface area (Å²) in [5.74, 6) is -2.53. The molecule has 172 valence electrons. The molecule has 3 aromatic carbocycles. The van der Waals surface area contributed by atoms with Gasteiger partial charge >= 0.3 is 0 Å². The average Bonchev–Trinajstić information content (AvgIpc) is 3.01. The summed E-state index contributed by atoms with van der Waals surface area (Å²) in [4.78, 5) is 39.1. The summed E-state index contributed by atoms with van der Waals surface area (Å²) in [7, 11) is 0. The number of anilines is 3. The maximum Gasteiger partial charge on any atom is 0.283 e. The minimum Gasteiger partial charge on any atom is -0.350 e. The van der Waals surface area contributed by atoms with Gasteiger partial charge in [0.25, 0.3) is 17.7 Å². The third-order valence-electron chi connectivity index (χ3n) is 5.21. The van der Waals surface area contributed by atoms with Crippen molar-refractivity contribution in [3.8, 4) is 0 Å². The van der Waals surface area contributed by atoms with E-state index in [0.29, 0.717) is 16.9 Å². The minimum atomic E-state index is -0.777. The summed E-state index contributed by atoms with van der Waals surface area (Å²) in [6.07, 6.45) is 0. The van der Waals surface area contributed by atoms with Gasteiger partial charge in [0.2, 0.25) is 0 Å². The van der Waals surface area contributed by atoms with Crippen LogP contribution in [0, 0.1) is 19.7 Å². The highest BCUT2D eigenvalue weighted by Gasteiger charge is 2.39. The fourth-order valence-electron chi connectivity index (χ4n) is 3.50. The zero-order valence-corrected chi connectivity index (χ0v) is 19.6. The molecule has 0 atom stereocenters. The Morgan fingerprint density at radius 1 is 0.941 bits per heavy atom. The minimum absolute atomic E-state index is 0.0814. The molecule has 0 radical (unpaired) electrons. The SMILES string of the molecule is Cc1ccc(NC(=O)c2cccc(NC3=C(Cl)C(=O)N(c4ccc(F)c(Cl)c4)C3=O)c2)c(C)c1. The van der Waals surface area contributed by atoms with Crippen molar-refractivity contribution in [2.24, 2.45) is 0 Å². The first-order valence-electron chi connectivity index (χ1n) is 10.1. The summed E-state index contributed by atoms with van der Waals surface area (Å²) in [6, 6.07) is 15.6. The van der Waals surface area contributed by atoms with Crippen molar-refractivity contribution >= 4 is 58.0 Å². The lowest BCUT2D eigenvalue weighted by Gasteiger charge is -2.15. The molecule has 3 aromatic rings. The van der Waals surface area contributed by atoms with Crippen molar-refractivity contribution in [3.05, 3.63) is 98.9 Å². The summed E-state index contributed by atoms with van der Waals surface area (Å²) >= 11 is 11.9. The topological polar surface area (TPSA) is 78.5 Å². The highest BCUT2D eigenvalue weighted by Crippen LogP contribution is 2.32. The Morgan fingerprint density at radius 3 is 2.41 bits per heavy atom. The highest BCUT2D eigenvalue weighted by atomic mass is 35.5. The van der Waals surface area contributed by atoms with E-state index in [4.69, 9.17) is 23.2 Å². The number of nitrogens with one attached hydrogen (secondary N) is 2. The van der Waals surface area contributed by atoms with Crippen LogP contribution in [0.3, 0.4) is 0 Å². The standard InChI is InChI=1S/C25H18Cl2FN3O3/c1-13-6-9-20(14(2)10-13)30-23(32)15-4-3-5-16(11-15)29-22-21(27)24(33)31(25(22)34)17-7-8-19(28)18(26)12-17/h3-12,29H,1-2H3,(H,30,32). The van der Waals surface area contributed by atoms with Gasteiger partial charge in [-0.05, 0) is 61.9 Å². The number of carbonyl (C=O) groups is 3. The van der Waals surface area contributed by atoms with E-state index in [1.54, 1.807) is 18.2 Å². The predicted molar refractivity (Wildman–Crippen MR) is 131 cm³/mol. The second-order valence-corrected chi connectivity index (χ2v) is 8.50. The summed E-state index contributed by atoms with van der Waals surface area (Å²) < 4.78 is 13.5. The molecule has 0 unspecified atom stereocenters. The fraction of sp³-hybridized carbons (Fsp3) is 0.0800. The maximum atomic E-state index is 13.5. The van der Waals surface area contributed by atoms with E-state index in [0.717, 1.165) is 28.2 Å². The first-order chi connectivity index (χ1) is 16.2. The van der Waals surface area contributed by atoms with Gasteiger partial charge in [0, 0.05) is 16.9 Å². The van der Waals surface area contributed by atoms with Gasteiger partial charge in [-0.15, -0.1) is 0 Å². The van der Waals surface area contributed by atoms with Crippen LogP contribution >= 0.6 is 23.2 Å². The predicted octanol–water partition coefficient (Wildman–Crippen LogP) is 5.78. The van der Waals surface area contributed by atoms with Crippen molar-refractivity contribution in [1.29, 1.82) is 0 Å². The largest absolute Gasteiger partial charge is 0.350 e.